The van der Waals surface area contributed by atoms with Gasteiger partial charge in [-0.05, 0) is 6.42 Å². The third-order valence-corrected chi connectivity index (χ3v) is 0.836. The SMILES string of the molecule is CC[C@@H]([NH3+])CO. The Hall–Kier alpha value is -0.0800. The third kappa shape index (κ3) is 2.18. The molecule has 0 aliphatic carbocycles. The zero-order chi connectivity index (χ0) is 4.99. The fourth-order valence-electron chi connectivity index (χ4n) is 0.129. The van der Waals surface area contributed by atoms with E-state index in [-0.39, 0.29) is 12.6 Å². The fraction of sp³-hybridized carbons (Fsp3) is 1.00. The summed E-state index contributed by atoms with van der Waals surface area (Å²) in [5, 5.41) is 8.27. The van der Waals surface area contributed by atoms with Gasteiger partial charge in [0.2, 0.25) is 0 Å². The maximum absolute atomic E-state index is 8.27. The van der Waals surface area contributed by atoms with Crippen molar-refractivity contribution >= 4 is 0 Å². The Labute approximate surface area is 38.0 Å². The highest BCUT2D eigenvalue weighted by Gasteiger charge is 1.94. The van der Waals surface area contributed by atoms with E-state index in [2.05, 4.69) is 5.73 Å². The van der Waals surface area contributed by atoms with Crippen molar-refractivity contribution in [3.63, 3.8) is 0 Å². The minimum atomic E-state index is 0.219. The molecule has 0 amide bonds. The van der Waals surface area contributed by atoms with Gasteiger partial charge >= 0.3 is 0 Å². The molecule has 0 fully saturated rings. The summed E-state index contributed by atoms with van der Waals surface area (Å²) in [5.74, 6) is 0. The predicted molar refractivity (Wildman–Crippen MR) is 24.1 cm³/mol. The smallest absolute Gasteiger partial charge is 0.107 e. The second kappa shape index (κ2) is 3.12. The van der Waals surface area contributed by atoms with Crippen LogP contribution in [0.3, 0.4) is 0 Å². The molecule has 0 radical (unpaired) electrons. The molecule has 0 aromatic carbocycles. The van der Waals surface area contributed by atoms with Crippen LogP contribution >= 0.6 is 0 Å². The van der Waals surface area contributed by atoms with E-state index in [9.17, 15) is 0 Å². The molecule has 0 heterocycles. The van der Waals surface area contributed by atoms with Crippen LogP contribution in [0.1, 0.15) is 13.3 Å². The molecule has 2 nitrogen and oxygen atoms in total. The van der Waals surface area contributed by atoms with E-state index >= 15 is 0 Å². The lowest BCUT2D eigenvalue weighted by atomic mass is 10.3. The fourth-order valence-corrected chi connectivity index (χ4v) is 0.129. The summed E-state index contributed by atoms with van der Waals surface area (Å²) >= 11 is 0. The van der Waals surface area contributed by atoms with Crippen LogP contribution in [0.2, 0.25) is 0 Å². The molecule has 0 saturated heterocycles. The first-order valence-corrected chi connectivity index (χ1v) is 2.25. The molecule has 38 valence electrons. The number of aliphatic hydroxyl groups excluding tert-OH is 1. The van der Waals surface area contributed by atoms with Crippen molar-refractivity contribution in [2.24, 2.45) is 0 Å². The van der Waals surface area contributed by atoms with E-state index in [1.807, 2.05) is 6.92 Å². The van der Waals surface area contributed by atoms with Gasteiger partial charge in [0.15, 0.2) is 0 Å². The quantitative estimate of drug-likeness (QED) is 0.449. The van der Waals surface area contributed by atoms with E-state index in [1.54, 1.807) is 0 Å². The molecular weight excluding hydrogens is 78.0 g/mol. The summed E-state index contributed by atoms with van der Waals surface area (Å²) in [7, 11) is 0. The zero-order valence-electron chi connectivity index (χ0n) is 4.15. The van der Waals surface area contributed by atoms with Crippen molar-refractivity contribution in [2.45, 2.75) is 19.4 Å². The normalized spacial score (nSPS) is 14.5. The topological polar surface area (TPSA) is 47.9 Å². The van der Waals surface area contributed by atoms with E-state index in [0.717, 1.165) is 6.42 Å². The van der Waals surface area contributed by atoms with Crippen LogP contribution in [0.25, 0.3) is 0 Å². The average Bonchev–Trinajstić information content (AvgIpc) is 1.65. The van der Waals surface area contributed by atoms with Gasteiger partial charge in [-0.25, -0.2) is 0 Å². The first kappa shape index (κ1) is 5.92. The number of hydrogen-bond acceptors (Lipinski definition) is 1. The number of rotatable bonds is 2. The third-order valence-electron chi connectivity index (χ3n) is 0.836. The monoisotopic (exact) mass is 90.1 g/mol. The van der Waals surface area contributed by atoms with Crippen molar-refractivity contribution in [1.29, 1.82) is 0 Å². The van der Waals surface area contributed by atoms with Crippen LogP contribution < -0.4 is 5.73 Å². The Balaban J connectivity index is 2.75. The second-order valence-electron chi connectivity index (χ2n) is 1.46. The Morgan fingerprint density at radius 3 is 2.33 bits per heavy atom. The number of hydrogen-bond donors (Lipinski definition) is 2. The molecule has 6 heavy (non-hydrogen) atoms. The maximum atomic E-state index is 8.27. The molecule has 0 saturated carbocycles. The highest BCUT2D eigenvalue weighted by Crippen LogP contribution is 1.76. The Morgan fingerprint density at radius 1 is 1.83 bits per heavy atom. The molecule has 4 N–H and O–H groups in total. The second-order valence-corrected chi connectivity index (χ2v) is 1.46. The van der Waals surface area contributed by atoms with Gasteiger partial charge in [-0.1, -0.05) is 6.92 Å². The van der Waals surface area contributed by atoms with Gasteiger partial charge in [0, 0.05) is 0 Å². The van der Waals surface area contributed by atoms with Crippen LogP contribution in [0.4, 0.5) is 0 Å². The lowest BCUT2D eigenvalue weighted by Crippen LogP contribution is -2.62. The summed E-state index contributed by atoms with van der Waals surface area (Å²) in [6, 6.07) is 0.241. The Kier molecular flexibility index (Phi) is 3.08. The van der Waals surface area contributed by atoms with Crippen LogP contribution in [-0.2, 0) is 0 Å². The predicted octanol–water partition coefficient (Wildman–Crippen LogP) is -1.00. The van der Waals surface area contributed by atoms with E-state index < -0.39 is 0 Å². The van der Waals surface area contributed by atoms with Gasteiger partial charge < -0.3 is 10.8 Å². The molecule has 0 aliphatic rings. The van der Waals surface area contributed by atoms with Crippen molar-refractivity contribution in [3.05, 3.63) is 0 Å². The lowest BCUT2D eigenvalue weighted by molar-refractivity contribution is -0.425. The molecule has 0 aliphatic heterocycles. The molecule has 0 aromatic heterocycles. The minimum Gasteiger partial charge on any atom is -0.390 e. The van der Waals surface area contributed by atoms with Gasteiger partial charge in [-0.3, -0.25) is 0 Å². The van der Waals surface area contributed by atoms with Crippen molar-refractivity contribution < 1.29 is 10.8 Å². The molecule has 0 rings (SSSR count). The highest BCUT2D eigenvalue weighted by molar-refractivity contribution is 4.41. The van der Waals surface area contributed by atoms with Crippen molar-refractivity contribution in [2.75, 3.05) is 6.61 Å². The van der Waals surface area contributed by atoms with Crippen molar-refractivity contribution in [1.82, 2.24) is 0 Å². The van der Waals surface area contributed by atoms with Gasteiger partial charge in [0.1, 0.15) is 6.04 Å². The van der Waals surface area contributed by atoms with Gasteiger partial charge in [-0.2, -0.15) is 0 Å². The first-order valence-electron chi connectivity index (χ1n) is 2.25. The lowest BCUT2D eigenvalue weighted by Gasteiger charge is -1.94. The Morgan fingerprint density at radius 2 is 2.33 bits per heavy atom. The number of aliphatic hydroxyl groups is 1. The summed E-state index contributed by atoms with van der Waals surface area (Å²) in [6.07, 6.45) is 0.969. The largest absolute Gasteiger partial charge is 0.390 e. The van der Waals surface area contributed by atoms with Gasteiger partial charge in [0.25, 0.3) is 0 Å². The van der Waals surface area contributed by atoms with E-state index in [1.165, 1.54) is 0 Å². The molecule has 0 unspecified atom stereocenters. The standard InChI is InChI=1S/C4H11NO/c1-2-4(5)3-6/h4,6H,2-3,5H2,1H3/p+1/t4-/m1/s1. The number of quaternary nitrogens is 1. The Bertz CT molecular complexity index is 26.7. The van der Waals surface area contributed by atoms with Gasteiger partial charge in [0.05, 0.1) is 6.61 Å². The summed E-state index contributed by atoms with van der Waals surface area (Å²) in [6.45, 7) is 2.23. The van der Waals surface area contributed by atoms with Crippen molar-refractivity contribution in [3.8, 4) is 0 Å². The summed E-state index contributed by atoms with van der Waals surface area (Å²) in [5.41, 5.74) is 3.62. The highest BCUT2D eigenvalue weighted by atomic mass is 16.3. The van der Waals surface area contributed by atoms with Crippen LogP contribution in [0, 0.1) is 0 Å². The van der Waals surface area contributed by atoms with Crippen LogP contribution in [-0.4, -0.2) is 17.8 Å². The molecule has 0 bridgehead atoms. The molecular formula is C4H12NO+. The first-order chi connectivity index (χ1) is 2.81. The zero-order valence-corrected chi connectivity index (χ0v) is 4.15. The van der Waals surface area contributed by atoms with E-state index in [0.29, 0.717) is 0 Å². The molecule has 0 spiro atoms. The van der Waals surface area contributed by atoms with Crippen LogP contribution in [0.15, 0.2) is 0 Å². The maximum Gasteiger partial charge on any atom is 0.107 e. The minimum absolute atomic E-state index is 0.219. The molecule has 0 aromatic rings. The average molecular weight is 90.1 g/mol. The molecule has 1 atom stereocenters. The summed E-state index contributed by atoms with van der Waals surface area (Å²) < 4.78 is 0. The summed E-state index contributed by atoms with van der Waals surface area (Å²) in [4.78, 5) is 0. The van der Waals surface area contributed by atoms with Crippen LogP contribution in [0.5, 0.6) is 0 Å². The molecule has 2 heteroatoms. The van der Waals surface area contributed by atoms with E-state index in [4.69, 9.17) is 5.11 Å². The van der Waals surface area contributed by atoms with Gasteiger partial charge in [-0.15, -0.1) is 0 Å².